The van der Waals surface area contributed by atoms with Crippen LogP contribution in [0.1, 0.15) is 31.9 Å². The minimum absolute atomic E-state index is 0.248. The molecular weight excluding hydrogens is 191 g/mol. The Morgan fingerprint density at radius 3 is 2.80 bits per heavy atom. The quantitative estimate of drug-likeness (QED) is 0.822. The van der Waals surface area contributed by atoms with E-state index in [4.69, 9.17) is 5.26 Å². The van der Waals surface area contributed by atoms with E-state index >= 15 is 0 Å². The molecule has 1 aromatic rings. The average molecular weight is 206 g/mol. The van der Waals surface area contributed by atoms with Crippen molar-refractivity contribution in [2.45, 2.75) is 32.4 Å². The summed E-state index contributed by atoms with van der Waals surface area (Å²) in [5.74, 6) is -0.307. The maximum atomic E-state index is 12.9. The van der Waals surface area contributed by atoms with Crippen molar-refractivity contribution in [3.8, 4) is 6.07 Å². The summed E-state index contributed by atoms with van der Waals surface area (Å²) in [5, 5.41) is 12.1. The molecule has 2 nitrogen and oxygen atoms in total. The molecule has 80 valence electrons. The third-order valence-electron chi connectivity index (χ3n) is 2.37. The van der Waals surface area contributed by atoms with Gasteiger partial charge in [0.05, 0.1) is 6.07 Å². The monoisotopic (exact) mass is 206 g/mol. The third-order valence-corrected chi connectivity index (χ3v) is 2.37. The summed E-state index contributed by atoms with van der Waals surface area (Å²) in [5.41, 5.74) is 0.679. The Hall–Kier alpha value is -1.40. The fourth-order valence-corrected chi connectivity index (χ4v) is 1.30. The van der Waals surface area contributed by atoms with Crippen LogP contribution in [0.5, 0.6) is 0 Å². The summed E-state index contributed by atoms with van der Waals surface area (Å²) < 4.78 is 12.9. The second kappa shape index (κ2) is 5.47. The van der Waals surface area contributed by atoms with E-state index in [9.17, 15) is 4.39 Å². The van der Waals surface area contributed by atoms with Crippen LogP contribution in [0.25, 0.3) is 0 Å². The highest BCUT2D eigenvalue weighted by Gasteiger charge is 2.12. The second-order valence-corrected chi connectivity index (χ2v) is 3.59. The van der Waals surface area contributed by atoms with Gasteiger partial charge in [0, 0.05) is 6.04 Å². The summed E-state index contributed by atoms with van der Waals surface area (Å²) in [7, 11) is 0. The molecule has 1 rings (SSSR count). The molecule has 0 aliphatic carbocycles. The summed E-state index contributed by atoms with van der Waals surface area (Å²) >= 11 is 0. The Bertz CT molecular complexity index is 357. The van der Waals surface area contributed by atoms with Crippen molar-refractivity contribution in [1.82, 2.24) is 5.32 Å². The summed E-state index contributed by atoms with van der Waals surface area (Å²) in [6.45, 7) is 4.04. The molecule has 0 bridgehead atoms. The van der Waals surface area contributed by atoms with Gasteiger partial charge >= 0.3 is 0 Å². The smallest absolute Gasteiger partial charge is 0.123 e. The normalized spacial score (nSPS) is 14.3. The summed E-state index contributed by atoms with van der Waals surface area (Å²) in [6, 6.07) is 8.09. The Labute approximate surface area is 89.7 Å². The number of nitrogens with zero attached hydrogens (tertiary/aromatic N) is 1. The Balaban J connectivity index is 2.80. The number of benzene rings is 1. The van der Waals surface area contributed by atoms with Crippen LogP contribution < -0.4 is 5.32 Å². The SMILES string of the molecule is CCC(C)NC(C#N)c1cccc(F)c1. The van der Waals surface area contributed by atoms with Crippen LogP contribution in [0, 0.1) is 17.1 Å². The number of hydrogen-bond acceptors (Lipinski definition) is 2. The van der Waals surface area contributed by atoms with Crippen LogP contribution in [0.3, 0.4) is 0 Å². The summed E-state index contributed by atoms with van der Waals surface area (Å²) in [6.07, 6.45) is 0.938. The topological polar surface area (TPSA) is 35.8 Å². The van der Waals surface area contributed by atoms with Crippen molar-refractivity contribution in [2.75, 3.05) is 0 Å². The maximum Gasteiger partial charge on any atom is 0.123 e. The zero-order chi connectivity index (χ0) is 11.3. The number of nitriles is 1. The van der Waals surface area contributed by atoms with Crippen LogP contribution in [-0.2, 0) is 0 Å². The van der Waals surface area contributed by atoms with Gasteiger partial charge in [-0.3, -0.25) is 5.32 Å². The lowest BCUT2D eigenvalue weighted by Crippen LogP contribution is -2.29. The molecule has 2 atom stereocenters. The lowest BCUT2D eigenvalue weighted by atomic mass is 10.1. The molecule has 1 aromatic carbocycles. The predicted octanol–water partition coefficient (Wildman–Crippen LogP) is 2.78. The van der Waals surface area contributed by atoms with Crippen LogP contribution in [0.4, 0.5) is 4.39 Å². The first-order valence-electron chi connectivity index (χ1n) is 5.08. The molecule has 0 aromatic heterocycles. The second-order valence-electron chi connectivity index (χ2n) is 3.59. The van der Waals surface area contributed by atoms with Gasteiger partial charge in [0.15, 0.2) is 0 Å². The van der Waals surface area contributed by atoms with Crippen molar-refractivity contribution in [1.29, 1.82) is 5.26 Å². The van der Waals surface area contributed by atoms with E-state index in [1.165, 1.54) is 12.1 Å². The van der Waals surface area contributed by atoms with E-state index in [-0.39, 0.29) is 11.9 Å². The third kappa shape index (κ3) is 3.34. The van der Waals surface area contributed by atoms with E-state index < -0.39 is 6.04 Å². The molecule has 0 saturated heterocycles. The molecule has 0 aliphatic heterocycles. The van der Waals surface area contributed by atoms with E-state index in [0.717, 1.165) is 6.42 Å². The van der Waals surface area contributed by atoms with E-state index in [2.05, 4.69) is 11.4 Å². The molecule has 0 heterocycles. The van der Waals surface area contributed by atoms with Crippen molar-refractivity contribution in [2.24, 2.45) is 0 Å². The van der Waals surface area contributed by atoms with Crippen LogP contribution in [0.15, 0.2) is 24.3 Å². The van der Waals surface area contributed by atoms with E-state index in [0.29, 0.717) is 5.56 Å². The molecule has 2 unspecified atom stereocenters. The zero-order valence-corrected chi connectivity index (χ0v) is 9.00. The Morgan fingerprint density at radius 2 is 2.27 bits per heavy atom. The Morgan fingerprint density at radius 1 is 1.53 bits per heavy atom. The van der Waals surface area contributed by atoms with Crippen molar-refractivity contribution >= 4 is 0 Å². The highest BCUT2D eigenvalue weighted by molar-refractivity contribution is 5.24. The maximum absolute atomic E-state index is 12.9. The van der Waals surface area contributed by atoms with Gasteiger partial charge in [-0.25, -0.2) is 4.39 Å². The van der Waals surface area contributed by atoms with Crippen LogP contribution >= 0.6 is 0 Å². The molecule has 0 saturated carbocycles. The van der Waals surface area contributed by atoms with E-state index in [1.54, 1.807) is 12.1 Å². The fourth-order valence-electron chi connectivity index (χ4n) is 1.30. The molecule has 0 radical (unpaired) electrons. The zero-order valence-electron chi connectivity index (χ0n) is 9.00. The molecule has 1 N–H and O–H groups in total. The van der Waals surface area contributed by atoms with Gasteiger partial charge in [-0.05, 0) is 31.0 Å². The highest BCUT2D eigenvalue weighted by Crippen LogP contribution is 2.14. The minimum atomic E-state index is -0.435. The van der Waals surface area contributed by atoms with Crippen molar-refractivity contribution < 1.29 is 4.39 Å². The fraction of sp³-hybridized carbons (Fsp3) is 0.417. The van der Waals surface area contributed by atoms with Gasteiger partial charge < -0.3 is 0 Å². The van der Waals surface area contributed by atoms with Gasteiger partial charge in [-0.15, -0.1) is 0 Å². The first kappa shape index (κ1) is 11.7. The summed E-state index contributed by atoms with van der Waals surface area (Å²) in [4.78, 5) is 0. The minimum Gasteiger partial charge on any atom is -0.296 e. The lowest BCUT2D eigenvalue weighted by Gasteiger charge is -2.16. The predicted molar refractivity (Wildman–Crippen MR) is 57.6 cm³/mol. The standard InChI is InChI=1S/C12H15FN2/c1-3-9(2)15-12(8-14)10-5-4-6-11(13)7-10/h4-7,9,12,15H,3H2,1-2H3. The van der Waals surface area contributed by atoms with Gasteiger partial charge in [0.25, 0.3) is 0 Å². The number of halogens is 1. The first-order chi connectivity index (χ1) is 7.17. The molecule has 15 heavy (non-hydrogen) atoms. The molecule has 0 amide bonds. The molecule has 0 aliphatic rings. The van der Waals surface area contributed by atoms with E-state index in [1.807, 2.05) is 13.8 Å². The first-order valence-corrected chi connectivity index (χ1v) is 5.08. The van der Waals surface area contributed by atoms with Crippen LogP contribution in [0.2, 0.25) is 0 Å². The molecule has 0 fully saturated rings. The van der Waals surface area contributed by atoms with Crippen LogP contribution in [-0.4, -0.2) is 6.04 Å². The molecular formula is C12H15FN2. The number of rotatable bonds is 4. The van der Waals surface area contributed by atoms with Gasteiger partial charge in [-0.1, -0.05) is 19.1 Å². The van der Waals surface area contributed by atoms with Crippen molar-refractivity contribution in [3.05, 3.63) is 35.6 Å². The molecule has 3 heteroatoms. The molecule has 0 spiro atoms. The number of nitrogens with one attached hydrogen (secondary N) is 1. The van der Waals surface area contributed by atoms with Gasteiger partial charge in [0.1, 0.15) is 11.9 Å². The Kier molecular flexibility index (Phi) is 4.26. The van der Waals surface area contributed by atoms with Gasteiger partial charge in [0.2, 0.25) is 0 Å². The average Bonchev–Trinajstić information content (AvgIpc) is 2.25. The number of hydrogen-bond donors (Lipinski definition) is 1. The highest BCUT2D eigenvalue weighted by atomic mass is 19.1. The van der Waals surface area contributed by atoms with Crippen molar-refractivity contribution in [3.63, 3.8) is 0 Å². The van der Waals surface area contributed by atoms with Gasteiger partial charge in [-0.2, -0.15) is 5.26 Å². The largest absolute Gasteiger partial charge is 0.296 e. The lowest BCUT2D eigenvalue weighted by molar-refractivity contribution is 0.499.